The van der Waals surface area contributed by atoms with Crippen LogP contribution in [0.25, 0.3) is 66.1 Å². The van der Waals surface area contributed by atoms with Crippen LogP contribution in [0, 0.1) is 22.7 Å². The summed E-state index contributed by atoms with van der Waals surface area (Å²) in [6.07, 6.45) is 6.56. The molecule has 0 radical (unpaired) electrons. The van der Waals surface area contributed by atoms with Crippen molar-refractivity contribution in [2.24, 2.45) is 0 Å². The molecule has 6 aromatic carbocycles. The van der Waals surface area contributed by atoms with Crippen molar-refractivity contribution < 1.29 is 0 Å². The van der Waals surface area contributed by atoms with E-state index in [1.807, 2.05) is 36.4 Å². The second-order valence-corrected chi connectivity index (χ2v) is 12.2. The van der Waals surface area contributed by atoms with Crippen molar-refractivity contribution in [1.82, 2.24) is 9.13 Å². The number of rotatable bonds is 4. The normalized spacial score (nSPS) is 13.0. The average Bonchev–Trinajstić information content (AvgIpc) is 3.67. The SMILES string of the molecule is N#Cc1ccc2c(c1)c1ccccc1n2-c1ccc(C2=CCCC=C2c2ccccc2-n2c3ccccc3c3ccccc32)cc1C#N. The third kappa shape index (κ3) is 4.14. The van der Waals surface area contributed by atoms with Gasteiger partial charge in [-0.25, -0.2) is 0 Å². The maximum Gasteiger partial charge on any atom is 0.101 e. The van der Waals surface area contributed by atoms with E-state index >= 15 is 0 Å². The Morgan fingerprint density at radius 2 is 1.02 bits per heavy atom. The Morgan fingerprint density at radius 3 is 1.69 bits per heavy atom. The number of nitrogens with zero attached hydrogens (tertiary/aromatic N) is 4. The molecule has 0 atom stereocenters. The van der Waals surface area contributed by atoms with Gasteiger partial charge in [-0.1, -0.05) is 91.0 Å². The molecule has 4 nitrogen and oxygen atoms in total. The highest BCUT2D eigenvalue weighted by atomic mass is 15.0. The van der Waals surface area contributed by atoms with Crippen LogP contribution in [0.3, 0.4) is 0 Å². The molecular weight excluding hydrogens is 585 g/mol. The molecule has 1 aliphatic carbocycles. The van der Waals surface area contributed by atoms with Crippen LogP contribution in [0.15, 0.2) is 146 Å². The van der Waals surface area contributed by atoms with Crippen LogP contribution in [0.1, 0.15) is 35.1 Å². The average molecular weight is 613 g/mol. The van der Waals surface area contributed by atoms with Crippen molar-refractivity contribution in [3.8, 4) is 23.5 Å². The molecule has 48 heavy (non-hydrogen) atoms. The zero-order valence-corrected chi connectivity index (χ0v) is 26.1. The quantitative estimate of drug-likeness (QED) is 0.199. The smallest absolute Gasteiger partial charge is 0.101 e. The highest BCUT2D eigenvalue weighted by Crippen LogP contribution is 2.42. The zero-order valence-electron chi connectivity index (χ0n) is 26.1. The van der Waals surface area contributed by atoms with Gasteiger partial charge in [-0.05, 0) is 84.1 Å². The lowest BCUT2D eigenvalue weighted by Crippen LogP contribution is -2.03. The van der Waals surface area contributed by atoms with Gasteiger partial charge in [-0.2, -0.15) is 10.5 Å². The van der Waals surface area contributed by atoms with Crippen LogP contribution in [-0.2, 0) is 0 Å². The number of hydrogen-bond donors (Lipinski definition) is 0. The van der Waals surface area contributed by atoms with Crippen molar-refractivity contribution in [3.63, 3.8) is 0 Å². The third-order valence-corrected chi connectivity index (χ3v) is 9.64. The number of fused-ring (bicyclic) bond motifs is 6. The minimum absolute atomic E-state index is 0.598. The van der Waals surface area contributed by atoms with Gasteiger partial charge >= 0.3 is 0 Å². The first-order valence-corrected chi connectivity index (χ1v) is 16.2. The maximum absolute atomic E-state index is 10.6. The largest absolute Gasteiger partial charge is 0.309 e. The van der Waals surface area contributed by atoms with Crippen LogP contribution in [-0.4, -0.2) is 9.13 Å². The van der Waals surface area contributed by atoms with E-state index in [2.05, 4.69) is 130 Å². The molecule has 2 aromatic heterocycles. The number of aromatic nitrogens is 2. The lowest BCUT2D eigenvalue weighted by Gasteiger charge is -2.22. The number of allylic oxidation sites excluding steroid dienone is 4. The molecular formula is C44H28N4. The number of hydrogen-bond acceptors (Lipinski definition) is 2. The standard InChI is InChI=1S/C44H28N4/c45-27-29-21-23-44-38(25-29)37-16-6-10-20-43(37)47(44)39-24-22-30(26-31(39)28-46)32-11-1-2-12-33(32)34-13-3-7-17-40(34)48-41-18-8-4-14-35(41)36-15-5-9-19-42(36)48/h3-26H,1-2H2. The van der Waals surface area contributed by atoms with Gasteiger partial charge in [0.25, 0.3) is 0 Å². The van der Waals surface area contributed by atoms with Gasteiger partial charge < -0.3 is 9.13 Å². The van der Waals surface area contributed by atoms with Gasteiger partial charge in [-0.3, -0.25) is 0 Å². The molecule has 8 aromatic rings. The van der Waals surface area contributed by atoms with E-state index in [9.17, 15) is 10.5 Å². The van der Waals surface area contributed by atoms with Crippen LogP contribution in [0.2, 0.25) is 0 Å². The Labute approximate surface area is 277 Å². The minimum atomic E-state index is 0.598. The highest BCUT2D eigenvalue weighted by molar-refractivity contribution is 6.12. The van der Waals surface area contributed by atoms with Crippen molar-refractivity contribution in [2.75, 3.05) is 0 Å². The highest BCUT2D eigenvalue weighted by Gasteiger charge is 2.22. The molecule has 4 heteroatoms. The molecule has 0 spiro atoms. The summed E-state index contributed by atoms with van der Waals surface area (Å²) in [5.41, 5.74) is 12.0. The van der Waals surface area contributed by atoms with E-state index < -0.39 is 0 Å². The Morgan fingerprint density at radius 1 is 0.458 bits per heavy atom. The van der Waals surface area contributed by atoms with Gasteiger partial charge in [0.2, 0.25) is 0 Å². The Bertz CT molecular complexity index is 2700. The molecule has 0 bridgehead atoms. The van der Waals surface area contributed by atoms with Crippen LogP contribution in [0.4, 0.5) is 0 Å². The molecule has 0 fully saturated rings. The number of benzene rings is 6. The molecule has 0 unspecified atom stereocenters. The fraction of sp³-hybridized carbons (Fsp3) is 0.0455. The topological polar surface area (TPSA) is 57.4 Å². The Balaban J connectivity index is 1.20. The van der Waals surface area contributed by atoms with Gasteiger partial charge in [0.1, 0.15) is 6.07 Å². The second-order valence-electron chi connectivity index (χ2n) is 12.2. The second kappa shape index (κ2) is 11.0. The monoisotopic (exact) mass is 612 g/mol. The van der Waals surface area contributed by atoms with E-state index in [0.717, 1.165) is 62.7 Å². The Kier molecular flexibility index (Phi) is 6.35. The summed E-state index contributed by atoms with van der Waals surface area (Å²) in [5.74, 6) is 0. The molecule has 9 rings (SSSR count). The zero-order chi connectivity index (χ0) is 32.2. The lowest BCUT2D eigenvalue weighted by molar-refractivity contribution is 1.04. The summed E-state index contributed by atoms with van der Waals surface area (Å²) in [6, 6.07) is 50.9. The predicted octanol–water partition coefficient (Wildman–Crippen LogP) is 10.9. The maximum atomic E-state index is 10.6. The van der Waals surface area contributed by atoms with Crippen LogP contribution < -0.4 is 0 Å². The first kappa shape index (κ1) is 27.7. The van der Waals surface area contributed by atoms with Gasteiger partial charge in [0.05, 0.1) is 50.6 Å². The predicted molar refractivity (Wildman–Crippen MR) is 196 cm³/mol. The van der Waals surface area contributed by atoms with Gasteiger partial charge in [0.15, 0.2) is 0 Å². The molecule has 0 N–H and O–H groups in total. The summed E-state index contributed by atoms with van der Waals surface area (Å²) >= 11 is 0. The van der Waals surface area contributed by atoms with Crippen molar-refractivity contribution in [2.45, 2.75) is 12.8 Å². The number of para-hydroxylation sites is 4. The van der Waals surface area contributed by atoms with Crippen molar-refractivity contribution in [1.29, 1.82) is 10.5 Å². The third-order valence-electron chi connectivity index (χ3n) is 9.64. The summed E-state index contributed by atoms with van der Waals surface area (Å²) in [6.45, 7) is 0. The summed E-state index contributed by atoms with van der Waals surface area (Å²) < 4.78 is 4.54. The molecule has 0 amide bonds. The first-order valence-electron chi connectivity index (χ1n) is 16.2. The van der Waals surface area contributed by atoms with Crippen LogP contribution in [0.5, 0.6) is 0 Å². The lowest BCUT2D eigenvalue weighted by atomic mass is 9.86. The van der Waals surface area contributed by atoms with Crippen molar-refractivity contribution >= 4 is 54.8 Å². The first-order chi connectivity index (χ1) is 23.7. The fourth-order valence-corrected chi connectivity index (χ4v) is 7.57. The molecule has 0 saturated heterocycles. The van der Waals surface area contributed by atoms with E-state index in [4.69, 9.17) is 0 Å². The van der Waals surface area contributed by atoms with E-state index in [0.29, 0.717) is 11.1 Å². The summed E-state index contributed by atoms with van der Waals surface area (Å²) in [5, 5.41) is 24.7. The Hall–Kier alpha value is -6.62. The molecule has 1 aliphatic rings. The molecule has 2 heterocycles. The fourth-order valence-electron chi connectivity index (χ4n) is 7.57. The molecule has 224 valence electrons. The van der Waals surface area contributed by atoms with Gasteiger partial charge in [-0.15, -0.1) is 0 Å². The summed E-state index contributed by atoms with van der Waals surface area (Å²) in [4.78, 5) is 0. The van der Waals surface area contributed by atoms with E-state index in [1.165, 1.54) is 27.4 Å². The summed E-state index contributed by atoms with van der Waals surface area (Å²) in [7, 11) is 0. The van der Waals surface area contributed by atoms with Crippen LogP contribution >= 0.6 is 0 Å². The van der Waals surface area contributed by atoms with Crippen molar-refractivity contribution in [3.05, 3.63) is 168 Å². The molecule has 0 aliphatic heterocycles. The molecule has 0 saturated carbocycles. The van der Waals surface area contributed by atoms with Gasteiger partial charge in [0, 0.05) is 27.1 Å². The van der Waals surface area contributed by atoms with E-state index in [1.54, 1.807) is 0 Å². The minimum Gasteiger partial charge on any atom is -0.309 e. The van der Waals surface area contributed by atoms with E-state index in [-0.39, 0.29) is 0 Å². The number of nitriles is 2.